The van der Waals surface area contributed by atoms with Crippen molar-refractivity contribution in [3.63, 3.8) is 0 Å². The molecule has 2 bridgehead atoms. The van der Waals surface area contributed by atoms with Gasteiger partial charge in [-0.3, -0.25) is 9.59 Å². The second-order valence-corrected chi connectivity index (χ2v) is 11.6. The molecular formula is C32H33N9O3. The predicted octanol–water partition coefficient (Wildman–Crippen LogP) is 3.63. The van der Waals surface area contributed by atoms with Crippen LogP contribution in [0, 0.1) is 0 Å². The Morgan fingerprint density at radius 1 is 0.955 bits per heavy atom. The van der Waals surface area contributed by atoms with E-state index in [-0.39, 0.29) is 18.1 Å². The number of fused-ring (bicyclic) bond motifs is 6. The van der Waals surface area contributed by atoms with E-state index in [4.69, 9.17) is 9.72 Å². The molecule has 3 aliphatic rings. The van der Waals surface area contributed by atoms with Crippen molar-refractivity contribution in [3.05, 3.63) is 71.3 Å². The van der Waals surface area contributed by atoms with Crippen LogP contribution < -0.4 is 25.4 Å². The Labute approximate surface area is 253 Å². The summed E-state index contributed by atoms with van der Waals surface area (Å²) in [6.07, 6.45) is 9.33. The highest BCUT2D eigenvalue weighted by Gasteiger charge is 2.27. The van der Waals surface area contributed by atoms with Gasteiger partial charge in [0.2, 0.25) is 5.95 Å². The summed E-state index contributed by atoms with van der Waals surface area (Å²) in [6.45, 7) is 5.01. The lowest BCUT2D eigenvalue weighted by Crippen LogP contribution is -2.44. The van der Waals surface area contributed by atoms with Gasteiger partial charge in [-0.2, -0.15) is 4.98 Å². The van der Waals surface area contributed by atoms with E-state index in [9.17, 15) is 9.59 Å². The van der Waals surface area contributed by atoms with Crippen molar-refractivity contribution in [2.24, 2.45) is 0 Å². The zero-order valence-corrected chi connectivity index (χ0v) is 24.5. The molecule has 12 heteroatoms. The van der Waals surface area contributed by atoms with E-state index in [2.05, 4.69) is 56.5 Å². The minimum absolute atomic E-state index is 0.0208. The lowest BCUT2D eigenvalue weighted by molar-refractivity contribution is -0.121. The van der Waals surface area contributed by atoms with Crippen LogP contribution in [0.1, 0.15) is 12.8 Å². The van der Waals surface area contributed by atoms with Crippen LogP contribution in [0.5, 0.6) is 5.75 Å². The molecule has 0 atom stereocenters. The Balaban J connectivity index is 1.20. The summed E-state index contributed by atoms with van der Waals surface area (Å²) >= 11 is 0. The maximum Gasteiger partial charge on any atom is 0.278 e. The second-order valence-electron chi connectivity index (χ2n) is 11.6. The first kappa shape index (κ1) is 26.5. The number of hydrogen-bond donors (Lipinski definition) is 2. The number of nitrogens with zero attached hydrogens (tertiary/aromatic N) is 7. The van der Waals surface area contributed by atoms with E-state index in [1.54, 1.807) is 15.8 Å². The molecule has 3 aromatic heterocycles. The van der Waals surface area contributed by atoms with Crippen LogP contribution in [0.15, 0.2) is 65.7 Å². The number of allylic oxidation sites excluding steroid dienone is 2. The minimum Gasteiger partial charge on any atom is -0.482 e. The van der Waals surface area contributed by atoms with Crippen LogP contribution in [0.4, 0.5) is 23.0 Å². The number of carbonyl (C=O) groups is 1. The molecule has 44 heavy (non-hydrogen) atoms. The monoisotopic (exact) mass is 591 g/mol. The van der Waals surface area contributed by atoms with Gasteiger partial charge in [0.25, 0.3) is 11.5 Å². The van der Waals surface area contributed by atoms with Crippen molar-refractivity contribution >= 4 is 50.9 Å². The highest BCUT2D eigenvalue weighted by atomic mass is 16.5. The standard InChI is InChI=1S/C32H33N9O3/c1-37-12-14-38(15-13-37)27-19-33-25-8-6-21(16-23(25)27)35-32-34-18-24-30(36-32)41-22-7-9-28-26(17-22)39(29(42)20-44-28)10-4-2-3-5-11-40(41)31(24)43/h3,5-9,16-19,33H,2,4,10-15,20H2,1H3,(H,34,35,36). The van der Waals surface area contributed by atoms with Crippen molar-refractivity contribution in [1.82, 2.24) is 29.2 Å². The number of likely N-dealkylation sites (N-methyl/N-ethyl adjacent to an activating group) is 1. The summed E-state index contributed by atoms with van der Waals surface area (Å²) in [6, 6.07) is 11.8. The molecule has 2 N–H and O–H groups in total. The summed E-state index contributed by atoms with van der Waals surface area (Å²) in [4.78, 5) is 45.8. The molecule has 1 saturated heterocycles. The number of H-pyrrole nitrogens is 1. The number of hydrogen-bond acceptors (Lipinski definition) is 8. The van der Waals surface area contributed by atoms with Gasteiger partial charge in [-0.15, -0.1) is 0 Å². The quantitative estimate of drug-likeness (QED) is 0.306. The average molecular weight is 592 g/mol. The molecule has 8 rings (SSSR count). The Hall–Kier alpha value is -5.10. The smallest absolute Gasteiger partial charge is 0.278 e. The van der Waals surface area contributed by atoms with Crippen LogP contribution in [0.25, 0.3) is 27.6 Å². The lowest BCUT2D eigenvalue weighted by Gasteiger charge is -2.33. The number of benzene rings is 2. The first-order chi connectivity index (χ1) is 21.5. The number of ether oxygens (including phenoxy) is 1. The van der Waals surface area contributed by atoms with E-state index in [0.717, 1.165) is 55.6 Å². The van der Waals surface area contributed by atoms with E-state index in [0.29, 0.717) is 47.2 Å². The van der Waals surface area contributed by atoms with Crippen molar-refractivity contribution in [2.45, 2.75) is 19.4 Å². The molecule has 2 aromatic carbocycles. The number of nitrogens with one attached hydrogen (secondary N) is 2. The molecule has 0 radical (unpaired) electrons. The molecular weight excluding hydrogens is 558 g/mol. The van der Waals surface area contributed by atoms with E-state index >= 15 is 0 Å². The number of aromatic nitrogens is 5. The molecule has 0 aliphatic carbocycles. The Bertz CT molecular complexity index is 2000. The highest BCUT2D eigenvalue weighted by molar-refractivity contribution is 5.98. The Morgan fingerprint density at radius 2 is 1.84 bits per heavy atom. The molecule has 224 valence electrons. The van der Waals surface area contributed by atoms with E-state index in [1.807, 2.05) is 35.0 Å². The first-order valence-electron chi connectivity index (χ1n) is 15.1. The summed E-state index contributed by atoms with van der Waals surface area (Å²) in [5.74, 6) is 0.961. The summed E-state index contributed by atoms with van der Waals surface area (Å²) < 4.78 is 9.21. The Kier molecular flexibility index (Phi) is 6.37. The molecule has 3 aliphatic heterocycles. The molecule has 0 spiro atoms. The third-order valence-electron chi connectivity index (χ3n) is 8.76. The summed E-state index contributed by atoms with van der Waals surface area (Å²) in [5.41, 5.74) is 4.82. The molecule has 5 aromatic rings. The number of anilines is 4. The maximum atomic E-state index is 13.6. The van der Waals surface area contributed by atoms with Gasteiger partial charge in [-0.25, -0.2) is 14.3 Å². The van der Waals surface area contributed by atoms with Gasteiger partial charge in [0.05, 0.1) is 23.6 Å². The molecule has 1 fully saturated rings. The average Bonchev–Trinajstić information content (AvgIpc) is 3.57. The van der Waals surface area contributed by atoms with Gasteiger partial charge in [-0.05, 0) is 56.3 Å². The normalized spacial score (nSPS) is 17.3. The third kappa shape index (κ3) is 4.49. The maximum absolute atomic E-state index is 13.6. The van der Waals surface area contributed by atoms with Crippen molar-refractivity contribution in [2.75, 3.05) is 61.5 Å². The predicted molar refractivity (Wildman–Crippen MR) is 171 cm³/mol. The van der Waals surface area contributed by atoms with E-state index in [1.165, 1.54) is 5.69 Å². The number of carbonyl (C=O) groups excluding carboxylic acids is 1. The largest absolute Gasteiger partial charge is 0.482 e. The number of aromatic amines is 1. The third-order valence-corrected chi connectivity index (χ3v) is 8.76. The second kappa shape index (κ2) is 10.6. The SMILES string of the molecule is CN1CCN(c2c[nH]c3ccc(Nc4ncc5c(=O)n6n(c5n4)-c4ccc5c(c4)N(CCCC=CC6)C(=O)CO5)cc23)CC1. The van der Waals surface area contributed by atoms with Gasteiger partial charge < -0.3 is 29.7 Å². The van der Waals surface area contributed by atoms with Gasteiger partial charge in [0.1, 0.15) is 11.1 Å². The van der Waals surface area contributed by atoms with Crippen LogP contribution >= 0.6 is 0 Å². The molecule has 6 heterocycles. The fourth-order valence-corrected chi connectivity index (χ4v) is 6.36. The van der Waals surface area contributed by atoms with Gasteiger partial charge in [-0.1, -0.05) is 12.2 Å². The van der Waals surface area contributed by atoms with Crippen molar-refractivity contribution < 1.29 is 9.53 Å². The number of amides is 1. The molecule has 12 nitrogen and oxygen atoms in total. The number of piperazine rings is 1. The molecule has 0 unspecified atom stereocenters. The molecule has 1 amide bonds. The van der Waals surface area contributed by atoms with Crippen LogP contribution in [0.3, 0.4) is 0 Å². The fourth-order valence-electron chi connectivity index (χ4n) is 6.36. The Morgan fingerprint density at radius 3 is 2.73 bits per heavy atom. The van der Waals surface area contributed by atoms with Gasteiger partial charge in [0, 0.05) is 61.7 Å². The van der Waals surface area contributed by atoms with Crippen LogP contribution in [-0.4, -0.2) is 81.5 Å². The zero-order valence-electron chi connectivity index (χ0n) is 24.5. The summed E-state index contributed by atoms with van der Waals surface area (Å²) in [7, 11) is 2.16. The van der Waals surface area contributed by atoms with Crippen LogP contribution in [-0.2, 0) is 11.3 Å². The first-order valence-corrected chi connectivity index (χ1v) is 15.1. The number of rotatable bonds is 3. The fraction of sp³-hybridized carbons (Fsp3) is 0.312. The van der Waals surface area contributed by atoms with Crippen molar-refractivity contribution in [3.8, 4) is 11.4 Å². The highest BCUT2D eigenvalue weighted by Crippen LogP contribution is 2.35. The topological polar surface area (TPSA) is 117 Å². The zero-order chi connectivity index (χ0) is 29.8. The molecule has 0 saturated carbocycles. The van der Waals surface area contributed by atoms with Gasteiger partial charge in [0.15, 0.2) is 12.3 Å². The van der Waals surface area contributed by atoms with E-state index < -0.39 is 0 Å². The van der Waals surface area contributed by atoms with Crippen LogP contribution in [0.2, 0.25) is 0 Å². The minimum atomic E-state index is -0.180. The summed E-state index contributed by atoms with van der Waals surface area (Å²) in [5, 5.41) is 4.92. The van der Waals surface area contributed by atoms with Crippen molar-refractivity contribution in [1.29, 1.82) is 0 Å². The lowest BCUT2D eigenvalue weighted by atomic mass is 10.1. The van der Waals surface area contributed by atoms with Gasteiger partial charge >= 0.3 is 0 Å².